The van der Waals surface area contributed by atoms with Crippen LogP contribution >= 0.6 is 0 Å². The highest BCUT2D eigenvalue weighted by atomic mass is 32.2. The minimum absolute atomic E-state index is 0.370. The molecule has 1 aromatic heterocycles. The second-order valence-corrected chi connectivity index (χ2v) is 6.24. The van der Waals surface area contributed by atoms with Gasteiger partial charge in [-0.3, -0.25) is 4.90 Å². The van der Waals surface area contributed by atoms with Crippen molar-refractivity contribution >= 4 is 10.0 Å². The number of nitrogens with two attached hydrogens (primary N) is 1. The zero-order valence-corrected chi connectivity index (χ0v) is 10.6. The molecule has 1 aliphatic heterocycles. The van der Waals surface area contributed by atoms with Crippen LogP contribution in [0.15, 0.2) is 18.3 Å². The van der Waals surface area contributed by atoms with Gasteiger partial charge in [-0.15, -0.1) is 0 Å². The molecule has 0 aromatic carbocycles. The average Bonchev–Trinajstić information content (AvgIpc) is 2.77. The lowest BCUT2D eigenvalue weighted by Crippen LogP contribution is -2.31. The maximum Gasteiger partial charge on any atom is 0.213 e. The third-order valence-corrected chi connectivity index (χ3v) is 4.35. The molecule has 0 aliphatic carbocycles. The van der Waals surface area contributed by atoms with Crippen molar-refractivity contribution in [2.24, 2.45) is 5.14 Å². The molecule has 1 aromatic rings. The van der Waals surface area contributed by atoms with Crippen LogP contribution in [0.2, 0.25) is 0 Å². The average molecular weight is 266 g/mol. The minimum Gasteiger partial charge on any atom is -0.298 e. The maximum atomic E-state index is 11.2. The molecule has 2 heterocycles. The summed E-state index contributed by atoms with van der Waals surface area (Å²) in [4.78, 5) is 5.91. The molecule has 1 aliphatic rings. The largest absolute Gasteiger partial charge is 0.298 e. The molecule has 0 radical (unpaired) electrons. The molecule has 1 fully saturated rings. The van der Waals surface area contributed by atoms with Crippen LogP contribution in [0.1, 0.15) is 17.7 Å². The monoisotopic (exact) mass is 266 g/mol. The Morgan fingerprint density at radius 2 is 2.39 bits per heavy atom. The van der Waals surface area contributed by atoms with Crippen LogP contribution in [0.3, 0.4) is 0 Å². The van der Waals surface area contributed by atoms with E-state index in [2.05, 4.69) is 4.98 Å². The van der Waals surface area contributed by atoms with Crippen LogP contribution in [-0.4, -0.2) is 36.6 Å². The van der Waals surface area contributed by atoms with E-state index in [0.29, 0.717) is 31.7 Å². The topological polar surface area (TPSA) is 100 Å². The number of hydrogen-bond acceptors (Lipinski definition) is 5. The van der Waals surface area contributed by atoms with Gasteiger partial charge >= 0.3 is 0 Å². The Morgan fingerprint density at radius 3 is 3.00 bits per heavy atom. The van der Waals surface area contributed by atoms with Crippen molar-refractivity contribution in [1.29, 1.82) is 5.26 Å². The summed E-state index contributed by atoms with van der Waals surface area (Å²) < 4.78 is 22.5. The molecule has 7 heteroatoms. The Hall–Kier alpha value is -1.49. The van der Waals surface area contributed by atoms with Crippen molar-refractivity contribution in [1.82, 2.24) is 9.88 Å². The highest BCUT2D eigenvalue weighted by Gasteiger charge is 2.30. The second kappa shape index (κ2) is 5.02. The number of hydrogen-bond donors (Lipinski definition) is 1. The van der Waals surface area contributed by atoms with Crippen LogP contribution < -0.4 is 5.14 Å². The smallest absolute Gasteiger partial charge is 0.213 e. The number of pyridine rings is 1. The molecule has 0 spiro atoms. The van der Waals surface area contributed by atoms with Crippen molar-refractivity contribution in [3.05, 3.63) is 29.6 Å². The Labute approximate surface area is 106 Å². The van der Waals surface area contributed by atoms with Gasteiger partial charge in [-0.1, -0.05) is 0 Å². The quantitative estimate of drug-likeness (QED) is 0.817. The summed E-state index contributed by atoms with van der Waals surface area (Å²) >= 11 is 0. The van der Waals surface area contributed by atoms with Crippen LogP contribution in [0.4, 0.5) is 0 Å². The number of primary sulfonamides is 1. The van der Waals surface area contributed by atoms with Gasteiger partial charge < -0.3 is 0 Å². The van der Waals surface area contributed by atoms with E-state index in [0.717, 1.165) is 5.56 Å². The van der Waals surface area contributed by atoms with Crippen LogP contribution in [-0.2, 0) is 16.6 Å². The van der Waals surface area contributed by atoms with Gasteiger partial charge in [-0.2, -0.15) is 5.26 Å². The number of nitriles is 1. The van der Waals surface area contributed by atoms with E-state index in [4.69, 9.17) is 10.4 Å². The van der Waals surface area contributed by atoms with Gasteiger partial charge in [0.25, 0.3) is 0 Å². The van der Waals surface area contributed by atoms with Crippen LogP contribution in [0.25, 0.3) is 0 Å². The van der Waals surface area contributed by atoms with Crippen molar-refractivity contribution in [3.63, 3.8) is 0 Å². The summed E-state index contributed by atoms with van der Waals surface area (Å²) in [5, 5.41) is 13.4. The number of sulfonamides is 1. The molecule has 2 rings (SSSR count). The van der Waals surface area contributed by atoms with Gasteiger partial charge in [-0.05, 0) is 30.7 Å². The molecule has 0 bridgehead atoms. The van der Waals surface area contributed by atoms with Gasteiger partial charge in [0.05, 0.1) is 5.25 Å². The molecular weight excluding hydrogens is 252 g/mol. The molecule has 0 amide bonds. The fourth-order valence-corrected chi connectivity index (χ4v) is 2.95. The normalized spacial score (nSPS) is 20.8. The first-order chi connectivity index (χ1) is 8.49. The lowest BCUT2D eigenvalue weighted by atomic mass is 10.2. The Kier molecular flexibility index (Phi) is 3.61. The third-order valence-electron chi connectivity index (χ3n) is 3.04. The summed E-state index contributed by atoms with van der Waals surface area (Å²) in [5.41, 5.74) is 1.33. The first-order valence-electron chi connectivity index (χ1n) is 5.58. The highest BCUT2D eigenvalue weighted by Crippen LogP contribution is 2.17. The van der Waals surface area contributed by atoms with Crippen molar-refractivity contribution < 1.29 is 8.42 Å². The number of aromatic nitrogens is 1. The first kappa shape index (κ1) is 13.0. The minimum atomic E-state index is -3.45. The standard InChI is InChI=1S/C11H14N4O2S/c12-6-10-5-9(1-3-14-10)7-15-4-2-11(8-15)18(13,16)17/h1,3,5,11H,2,4,7-8H2,(H2,13,16,17). The number of rotatable bonds is 3. The summed E-state index contributed by atoms with van der Waals surface area (Å²) in [5.74, 6) is 0. The summed E-state index contributed by atoms with van der Waals surface area (Å²) in [6, 6.07) is 5.52. The lowest BCUT2D eigenvalue weighted by Gasteiger charge is -2.15. The molecule has 0 saturated carbocycles. The predicted octanol–water partition coefficient (Wildman–Crippen LogP) is -0.184. The SMILES string of the molecule is N#Cc1cc(CN2CCC(S(N)(=O)=O)C2)ccn1. The van der Waals surface area contributed by atoms with E-state index in [-0.39, 0.29) is 0 Å². The zero-order chi connectivity index (χ0) is 13.2. The van der Waals surface area contributed by atoms with Crippen LogP contribution in [0.5, 0.6) is 0 Å². The summed E-state index contributed by atoms with van der Waals surface area (Å²) in [6.45, 7) is 1.76. The van der Waals surface area contributed by atoms with E-state index in [1.807, 2.05) is 17.0 Å². The van der Waals surface area contributed by atoms with Gasteiger partial charge in [0.1, 0.15) is 11.8 Å². The first-order valence-corrected chi connectivity index (χ1v) is 7.19. The van der Waals surface area contributed by atoms with E-state index in [1.54, 1.807) is 12.3 Å². The molecule has 96 valence electrons. The van der Waals surface area contributed by atoms with Gasteiger partial charge in [0.15, 0.2) is 0 Å². The number of nitrogens with zero attached hydrogens (tertiary/aromatic N) is 3. The van der Waals surface area contributed by atoms with Gasteiger partial charge in [0, 0.05) is 19.3 Å². The fourth-order valence-electron chi connectivity index (χ4n) is 2.10. The highest BCUT2D eigenvalue weighted by molar-refractivity contribution is 7.89. The van der Waals surface area contributed by atoms with E-state index in [9.17, 15) is 8.42 Å². The summed E-state index contributed by atoms with van der Waals surface area (Å²) in [6.07, 6.45) is 2.15. The molecule has 2 N–H and O–H groups in total. The third kappa shape index (κ3) is 3.04. The molecule has 1 atom stereocenters. The maximum absolute atomic E-state index is 11.2. The van der Waals surface area contributed by atoms with E-state index in [1.165, 1.54) is 0 Å². The Morgan fingerprint density at radius 1 is 1.61 bits per heavy atom. The molecule has 18 heavy (non-hydrogen) atoms. The fraction of sp³-hybridized carbons (Fsp3) is 0.455. The lowest BCUT2D eigenvalue weighted by molar-refractivity contribution is 0.331. The van der Waals surface area contributed by atoms with Gasteiger partial charge in [-0.25, -0.2) is 18.5 Å². The molecule has 6 nitrogen and oxygen atoms in total. The van der Waals surface area contributed by atoms with E-state index < -0.39 is 15.3 Å². The molecule has 1 unspecified atom stereocenters. The number of likely N-dealkylation sites (tertiary alicyclic amines) is 1. The van der Waals surface area contributed by atoms with E-state index >= 15 is 0 Å². The second-order valence-electron chi connectivity index (χ2n) is 4.40. The van der Waals surface area contributed by atoms with Crippen molar-refractivity contribution in [2.45, 2.75) is 18.2 Å². The summed E-state index contributed by atoms with van der Waals surface area (Å²) in [7, 11) is -3.45. The van der Waals surface area contributed by atoms with Gasteiger partial charge in [0.2, 0.25) is 10.0 Å². The Bertz CT molecular complexity index is 579. The zero-order valence-electron chi connectivity index (χ0n) is 9.78. The predicted molar refractivity (Wildman–Crippen MR) is 65.7 cm³/mol. The molecular formula is C11H14N4O2S. The van der Waals surface area contributed by atoms with Crippen LogP contribution in [0, 0.1) is 11.3 Å². The van der Waals surface area contributed by atoms with Crippen molar-refractivity contribution in [3.8, 4) is 6.07 Å². The van der Waals surface area contributed by atoms with Crippen molar-refractivity contribution in [2.75, 3.05) is 13.1 Å². The Balaban J connectivity index is 2.02. The molecule has 1 saturated heterocycles.